The largest absolute Gasteiger partial charge is 0.497 e. The monoisotopic (exact) mass is 563 g/mol. The van der Waals surface area contributed by atoms with Crippen molar-refractivity contribution in [2.45, 2.75) is 37.7 Å². The van der Waals surface area contributed by atoms with Crippen molar-refractivity contribution >= 4 is 16.8 Å². The molecule has 5 aromatic carbocycles. The van der Waals surface area contributed by atoms with Gasteiger partial charge in [-0.3, -0.25) is 0 Å². The molecule has 1 unspecified atom stereocenters. The van der Waals surface area contributed by atoms with Crippen molar-refractivity contribution in [1.82, 2.24) is 0 Å². The second-order valence-electron chi connectivity index (χ2n) is 11.3. The molecule has 1 heterocycles. The summed E-state index contributed by atoms with van der Waals surface area (Å²) in [5.41, 5.74) is 7.61. The Labute approximate surface area is 252 Å². The summed E-state index contributed by atoms with van der Waals surface area (Å²) in [6.45, 7) is 4.51. The first-order valence-electron chi connectivity index (χ1n) is 14.8. The second-order valence-corrected chi connectivity index (χ2v) is 11.3. The van der Waals surface area contributed by atoms with Crippen LogP contribution in [0.1, 0.15) is 60.1 Å². The van der Waals surface area contributed by atoms with Crippen molar-refractivity contribution in [3.63, 3.8) is 0 Å². The summed E-state index contributed by atoms with van der Waals surface area (Å²) in [5, 5.41) is 12.0. The van der Waals surface area contributed by atoms with Crippen molar-refractivity contribution in [3.05, 3.63) is 130 Å². The van der Waals surface area contributed by atoms with Gasteiger partial charge in [-0.2, -0.15) is 5.26 Å². The molecule has 1 aliphatic carbocycles. The summed E-state index contributed by atoms with van der Waals surface area (Å²) in [4.78, 5) is 0. The lowest BCUT2D eigenvalue weighted by atomic mass is 9.71. The van der Waals surface area contributed by atoms with Crippen LogP contribution in [0.25, 0.3) is 28.0 Å². The number of fused-ring (bicyclic) bond motifs is 8. The fourth-order valence-electron chi connectivity index (χ4n) is 7.37. The zero-order chi connectivity index (χ0) is 29.8. The van der Waals surface area contributed by atoms with E-state index in [2.05, 4.69) is 92.7 Å². The molecule has 0 N–H and O–H groups in total. The van der Waals surface area contributed by atoms with Crippen LogP contribution in [0, 0.1) is 11.3 Å². The number of hydrogen-bond donors (Lipinski definition) is 0. The van der Waals surface area contributed by atoms with Crippen LogP contribution in [-0.4, -0.2) is 14.2 Å². The van der Waals surface area contributed by atoms with Crippen LogP contribution in [0.2, 0.25) is 0 Å². The first-order chi connectivity index (χ1) is 21.0. The van der Waals surface area contributed by atoms with Gasteiger partial charge in [0.05, 0.1) is 25.9 Å². The van der Waals surface area contributed by atoms with Gasteiger partial charge in [-0.1, -0.05) is 68.5 Å². The molecular formula is C39H33NO3. The van der Waals surface area contributed by atoms with Crippen molar-refractivity contribution < 1.29 is 14.2 Å². The van der Waals surface area contributed by atoms with Crippen molar-refractivity contribution in [2.75, 3.05) is 14.2 Å². The van der Waals surface area contributed by atoms with E-state index < -0.39 is 5.60 Å². The fraction of sp³-hybridized carbons (Fsp3) is 0.205. The molecule has 0 aromatic heterocycles. The van der Waals surface area contributed by atoms with E-state index in [9.17, 15) is 5.26 Å². The topological polar surface area (TPSA) is 51.5 Å². The molecule has 0 fully saturated rings. The highest BCUT2D eigenvalue weighted by molar-refractivity contribution is 6.09. The molecule has 43 heavy (non-hydrogen) atoms. The van der Waals surface area contributed by atoms with E-state index in [0.717, 1.165) is 57.6 Å². The lowest BCUT2D eigenvalue weighted by Gasteiger charge is -2.39. The molecule has 0 spiro atoms. The van der Waals surface area contributed by atoms with Gasteiger partial charge < -0.3 is 14.2 Å². The summed E-state index contributed by atoms with van der Waals surface area (Å²) >= 11 is 0. The molecular weight excluding hydrogens is 530 g/mol. The molecule has 0 bridgehead atoms. The van der Waals surface area contributed by atoms with Gasteiger partial charge in [0.2, 0.25) is 0 Å². The van der Waals surface area contributed by atoms with Gasteiger partial charge in [0.1, 0.15) is 17.2 Å². The minimum Gasteiger partial charge on any atom is -0.497 e. The van der Waals surface area contributed by atoms with Gasteiger partial charge in [0.15, 0.2) is 5.60 Å². The standard InChI is InChI=1S/C39H33NO3/c1-5-38(6-2)34-22-25(24-40)12-18-31(34)35-33-23-29(42-4)17-19-30(33)37-32(36(35)38)20-21-39(43-37,26-10-8-7-9-11-26)27-13-15-28(41-3)16-14-27/h7-23H,5-6H2,1-4H3. The second kappa shape index (κ2) is 10.1. The van der Waals surface area contributed by atoms with E-state index in [1.54, 1.807) is 14.2 Å². The Kier molecular flexibility index (Phi) is 6.29. The summed E-state index contributed by atoms with van der Waals surface area (Å²) in [5.74, 6) is 2.46. The first-order valence-corrected chi connectivity index (χ1v) is 14.8. The number of rotatable bonds is 6. The molecule has 4 nitrogen and oxygen atoms in total. The molecule has 0 amide bonds. The highest BCUT2D eigenvalue weighted by Gasteiger charge is 2.47. The Morgan fingerprint density at radius 2 is 1.47 bits per heavy atom. The van der Waals surface area contributed by atoms with E-state index in [1.165, 1.54) is 22.3 Å². The lowest BCUT2D eigenvalue weighted by molar-refractivity contribution is 0.163. The van der Waals surface area contributed by atoms with Crippen molar-refractivity contribution in [3.8, 4) is 34.4 Å². The van der Waals surface area contributed by atoms with E-state index in [1.807, 2.05) is 30.3 Å². The predicted octanol–water partition coefficient (Wildman–Crippen LogP) is 9.16. The molecule has 2 aliphatic rings. The molecule has 1 aliphatic heterocycles. The van der Waals surface area contributed by atoms with Gasteiger partial charge in [-0.15, -0.1) is 0 Å². The van der Waals surface area contributed by atoms with Crippen LogP contribution in [0.5, 0.6) is 17.2 Å². The van der Waals surface area contributed by atoms with Crippen LogP contribution >= 0.6 is 0 Å². The third-order valence-corrected chi connectivity index (χ3v) is 9.59. The Hall–Kier alpha value is -5.01. The van der Waals surface area contributed by atoms with Gasteiger partial charge >= 0.3 is 0 Å². The Balaban J connectivity index is 1.58. The van der Waals surface area contributed by atoms with Crippen LogP contribution in [0.4, 0.5) is 0 Å². The van der Waals surface area contributed by atoms with Crippen molar-refractivity contribution in [2.24, 2.45) is 0 Å². The maximum absolute atomic E-state index is 9.84. The Morgan fingerprint density at radius 3 is 2.14 bits per heavy atom. The zero-order valence-corrected chi connectivity index (χ0v) is 24.9. The normalized spacial score (nSPS) is 17.4. The smallest absolute Gasteiger partial charge is 0.178 e. The predicted molar refractivity (Wildman–Crippen MR) is 172 cm³/mol. The highest BCUT2D eigenvalue weighted by atomic mass is 16.5. The first kappa shape index (κ1) is 26.9. The van der Waals surface area contributed by atoms with Crippen molar-refractivity contribution in [1.29, 1.82) is 5.26 Å². The molecule has 0 saturated heterocycles. The molecule has 1 atom stereocenters. The third-order valence-electron chi connectivity index (χ3n) is 9.59. The van der Waals surface area contributed by atoms with Crippen LogP contribution in [-0.2, 0) is 11.0 Å². The summed E-state index contributed by atoms with van der Waals surface area (Å²) in [7, 11) is 3.39. The van der Waals surface area contributed by atoms with E-state index in [4.69, 9.17) is 14.2 Å². The highest BCUT2D eigenvalue weighted by Crippen LogP contribution is 2.60. The average Bonchev–Trinajstić information content (AvgIpc) is 3.38. The van der Waals surface area contributed by atoms with E-state index in [-0.39, 0.29) is 5.41 Å². The SMILES string of the molecule is CCC1(CC)c2cc(C#N)ccc2-c2c1c1c(c3ccc(OC)cc23)OC(c2ccccc2)(c2ccc(OC)cc2)C=C1. The quantitative estimate of drug-likeness (QED) is 0.207. The number of nitriles is 1. The Morgan fingerprint density at radius 1 is 0.767 bits per heavy atom. The summed E-state index contributed by atoms with van der Waals surface area (Å²) in [6, 6.07) is 33.3. The molecule has 212 valence electrons. The minimum absolute atomic E-state index is 0.264. The lowest BCUT2D eigenvalue weighted by Crippen LogP contribution is -2.35. The van der Waals surface area contributed by atoms with Gasteiger partial charge in [-0.25, -0.2) is 0 Å². The molecule has 7 rings (SSSR count). The molecule has 4 heteroatoms. The zero-order valence-electron chi connectivity index (χ0n) is 24.9. The van der Waals surface area contributed by atoms with Crippen LogP contribution < -0.4 is 14.2 Å². The number of nitrogens with zero attached hydrogens (tertiary/aromatic N) is 1. The number of methoxy groups -OCH3 is 2. The van der Waals surface area contributed by atoms with Gasteiger partial charge in [0.25, 0.3) is 0 Å². The third kappa shape index (κ3) is 3.74. The van der Waals surface area contributed by atoms with Gasteiger partial charge in [0, 0.05) is 27.5 Å². The number of ether oxygens (including phenoxy) is 3. The average molecular weight is 564 g/mol. The number of hydrogen-bond acceptors (Lipinski definition) is 4. The van der Waals surface area contributed by atoms with Gasteiger partial charge in [-0.05, 0) is 89.0 Å². The number of benzene rings is 5. The maximum atomic E-state index is 9.84. The molecule has 0 saturated carbocycles. The van der Waals surface area contributed by atoms with Crippen LogP contribution in [0.3, 0.4) is 0 Å². The van der Waals surface area contributed by atoms with E-state index in [0.29, 0.717) is 5.56 Å². The fourth-order valence-corrected chi connectivity index (χ4v) is 7.37. The van der Waals surface area contributed by atoms with E-state index >= 15 is 0 Å². The summed E-state index contributed by atoms with van der Waals surface area (Å²) < 4.78 is 18.6. The molecule has 5 aromatic rings. The Bertz CT molecular complexity index is 1950. The minimum atomic E-state index is -0.845. The summed E-state index contributed by atoms with van der Waals surface area (Å²) in [6.07, 6.45) is 6.28. The van der Waals surface area contributed by atoms with Crippen LogP contribution in [0.15, 0.2) is 97.1 Å². The maximum Gasteiger partial charge on any atom is 0.178 e. The molecule has 0 radical (unpaired) electrons.